The van der Waals surface area contributed by atoms with Gasteiger partial charge in [-0.15, -0.1) is 0 Å². The van der Waals surface area contributed by atoms with Crippen LogP contribution < -0.4 is 0 Å². The maximum atomic E-state index is 11.5. The van der Waals surface area contributed by atoms with Gasteiger partial charge in [-0.1, -0.05) is 0 Å². The van der Waals surface area contributed by atoms with Crippen LogP contribution in [0.2, 0.25) is 6.32 Å². The first-order valence-electron chi connectivity index (χ1n) is 7.35. The van der Waals surface area contributed by atoms with Crippen molar-refractivity contribution in [1.82, 2.24) is 0 Å². The standard InChI is InChI=1S/C14H23BO8/c1-9(6-15)23-13(18)5-4-12(17)21-7-11(20-3)8-22-14(19)10(2)16/h9,11H,4-8,15H2,1-3H3. The van der Waals surface area contributed by atoms with Gasteiger partial charge in [0.15, 0.2) is 0 Å². The van der Waals surface area contributed by atoms with Gasteiger partial charge in [0.25, 0.3) is 0 Å². The summed E-state index contributed by atoms with van der Waals surface area (Å²) >= 11 is 0. The van der Waals surface area contributed by atoms with Gasteiger partial charge in [0.05, 0.1) is 18.9 Å². The molecule has 0 aromatic rings. The van der Waals surface area contributed by atoms with E-state index in [1.54, 1.807) is 6.92 Å². The number of ketones is 1. The van der Waals surface area contributed by atoms with Crippen LogP contribution in [0.15, 0.2) is 0 Å². The highest BCUT2D eigenvalue weighted by atomic mass is 16.6. The van der Waals surface area contributed by atoms with E-state index in [4.69, 9.17) is 14.2 Å². The lowest BCUT2D eigenvalue weighted by Gasteiger charge is -2.15. The Kier molecular flexibility index (Phi) is 10.7. The Balaban J connectivity index is 3.98. The molecule has 0 bridgehead atoms. The Hall–Kier alpha value is -1.90. The Bertz CT molecular complexity index is 423. The van der Waals surface area contributed by atoms with E-state index >= 15 is 0 Å². The van der Waals surface area contributed by atoms with Gasteiger partial charge in [0, 0.05) is 14.0 Å². The van der Waals surface area contributed by atoms with Crippen LogP contribution in [-0.4, -0.2) is 64.1 Å². The number of carbonyl (C=O) groups excluding carboxylic acids is 4. The average molecular weight is 330 g/mol. The summed E-state index contributed by atoms with van der Waals surface area (Å²) in [5.41, 5.74) is 0. The van der Waals surface area contributed by atoms with Crippen LogP contribution in [0.3, 0.4) is 0 Å². The number of esters is 3. The van der Waals surface area contributed by atoms with Crippen molar-refractivity contribution >= 4 is 31.5 Å². The molecule has 0 radical (unpaired) electrons. The molecule has 0 aromatic carbocycles. The SMILES string of the molecule is BCC(C)OC(=O)CCC(=O)OCC(COC(=O)C(C)=O)OC. The van der Waals surface area contributed by atoms with Crippen molar-refractivity contribution in [2.45, 2.75) is 45.2 Å². The van der Waals surface area contributed by atoms with Crippen molar-refractivity contribution in [3.05, 3.63) is 0 Å². The first kappa shape index (κ1) is 21.1. The van der Waals surface area contributed by atoms with Crippen molar-refractivity contribution in [2.24, 2.45) is 0 Å². The van der Waals surface area contributed by atoms with Crippen LogP contribution in [-0.2, 0) is 38.1 Å². The monoisotopic (exact) mass is 330 g/mol. The predicted molar refractivity (Wildman–Crippen MR) is 81.5 cm³/mol. The summed E-state index contributed by atoms with van der Waals surface area (Å²) in [6, 6.07) is 0. The van der Waals surface area contributed by atoms with Gasteiger partial charge < -0.3 is 18.9 Å². The lowest BCUT2D eigenvalue weighted by molar-refractivity contribution is -0.159. The normalized spacial score (nSPS) is 12.8. The average Bonchev–Trinajstić information content (AvgIpc) is 2.52. The second-order valence-corrected chi connectivity index (χ2v) is 4.90. The number of methoxy groups -OCH3 is 1. The smallest absolute Gasteiger partial charge is 0.374 e. The van der Waals surface area contributed by atoms with Crippen LogP contribution in [0.4, 0.5) is 0 Å². The van der Waals surface area contributed by atoms with Gasteiger partial charge in [0.1, 0.15) is 27.2 Å². The van der Waals surface area contributed by atoms with E-state index in [9.17, 15) is 19.2 Å². The van der Waals surface area contributed by atoms with Gasteiger partial charge in [-0.25, -0.2) is 4.79 Å². The largest absolute Gasteiger partial charge is 0.463 e. The summed E-state index contributed by atoms with van der Waals surface area (Å²) in [5.74, 6) is -2.76. The van der Waals surface area contributed by atoms with E-state index in [1.807, 2.05) is 7.85 Å². The topological polar surface area (TPSA) is 105 Å². The minimum Gasteiger partial charge on any atom is -0.463 e. The fraction of sp³-hybridized carbons (Fsp3) is 0.714. The van der Waals surface area contributed by atoms with Crippen molar-refractivity contribution in [2.75, 3.05) is 20.3 Å². The van der Waals surface area contributed by atoms with Crippen molar-refractivity contribution in [3.8, 4) is 0 Å². The molecule has 0 aliphatic heterocycles. The number of hydrogen-bond acceptors (Lipinski definition) is 8. The Morgan fingerprint density at radius 1 is 1.00 bits per heavy atom. The third kappa shape index (κ3) is 10.5. The van der Waals surface area contributed by atoms with Crippen LogP contribution in [0.25, 0.3) is 0 Å². The minimum absolute atomic E-state index is 0.0693. The maximum Gasteiger partial charge on any atom is 0.374 e. The zero-order valence-corrected chi connectivity index (χ0v) is 14.0. The van der Waals surface area contributed by atoms with Crippen molar-refractivity contribution in [3.63, 3.8) is 0 Å². The van der Waals surface area contributed by atoms with Crippen LogP contribution in [0.5, 0.6) is 0 Å². The quantitative estimate of drug-likeness (QED) is 0.215. The molecular weight excluding hydrogens is 307 g/mol. The molecule has 0 aliphatic rings. The van der Waals surface area contributed by atoms with Gasteiger partial charge in [-0.3, -0.25) is 14.4 Å². The molecule has 0 heterocycles. The van der Waals surface area contributed by atoms with E-state index < -0.39 is 29.8 Å². The molecule has 2 atom stereocenters. The first-order chi connectivity index (χ1) is 10.8. The molecule has 9 heteroatoms. The van der Waals surface area contributed by atoms with Gasteiger partial charge in [0.2, 0.25) is 5.78 Å². The van der Waals surface area contributed by atoms with Gasteiger partial charge >= 0.3 is 17.9 Å². The molecule has 0 aromatic heterocycles. The molecule has 2 unspecified atom stereocenters. The second kappa shape index (κ2) is 11.6. The second-order valence-electron chi connectivity index (χ2n) is 4.90. The van der Waals surface area contributed by atoms with Crippen molar-refractivity contribution in [1.29, 1.82) is 0 Å². The molecule has 23 heavy (non-hydrogen) atoms. The molecule has 130 valence electrons. The highest BCUT2D eigenvalue weighted by Gasteiger charge is 2.17. The summed E-state index contributed by atoms with van der Waals surface area (Å²) in [6.07, 6.45) is -0.356. The molecule has 8 nitrogen and oxygen atoms in total. The van der Waals surface area contributed by atoms with E-state index in [2.05, 4.69) is 4.74 Å². The number of carbonyl (C=O) groups is 4. The van der Waals surface area contributed by atoms with Crippen LogP contribution in [0, 0.1) is 0 Å². The number of rotatable bonds is 11. The highest BCUT2D eigenvalue weighted by Crippen LogP contribution is 2.03. The number of ether oxygens (including phenoxy) is 4. The zero-order valence-electron chi connectivity index (χ0n) is 14.0. The summed E-state index contributed by atoms with van der Waals surface area (Å²) in [6.45, 7) is 2.49. The number of hydrogen-bond donors (Lipinski definition) is 0. The lowest BCUT2D eigenvalue weighted by Crippen LogP contribution is -2.29. The molecule has 0 spiro atoms. The fourth-order valence-corrected chi connectivity index (χ4v) is 1.28. The molecule has 0 fully saturated rings. The molecule has 0 saturated heterocycles. The molecule has 0 amide bonds. The zero-order chi connectivity index (χ0) is 17.8. The van der Waals surface area contributed by atoms with Gasteiger partial charge in [-0.2, -0.15) is 0 Å². The van der Waals surface area contributed by atoms with Crippen LogP contribution >= 0.6 is 0 Å². The predicted octanol–water partition coefficient (Wildman–Crippen LogP) is -0.560. The Labute approximate surface area is 136 Å². The van der Waals surface area contributed by atoms with E-state index in [-0.39, 0.29) is 32.2 Å². The molecule has 0 saturated carbocycles. The molecule has 0 aliphatic carbocycles. The Morgan fingerprint density at radius 2 is 1.57 bits per heavy atom. The third-order valence-corrected chi connectivity index (χ3v) is 2.89. The molecule has 0 rings (SSSR count). The summed E-state index contributed by atoms with van der Waals surface area (Å²) < 4.78 is 19.6. The van der Waals surface area contributed by atoms with E-state index in [0.717, 1.165) is 6.92 Å². The first-order valence-corrected chi connectivity index (χ1v) is 7.35. The fourth-order valence-electron chi connectivity index (χ4n) is 1.28. The highest BCUT2D eigenvalue weighted by molar-refractivity contribution is 6.32. The summed E-state index contributed by atoms with van der Waals surface area (Å²) in [5, 5.41) is 0. The Morgan fingerprint density at radius 3 is 2.09 bits per heavy atom. The summed E-state index contributed by atoms with van der Waals surface area (Å²) in [4.78, 5) is 44.6. The third-order valence-electron chi connectivity index (χ3n) is 2.89. The molecular formula is C14H23BO8. The number of Topliss-reactive ketones (excluding diaryl/α,β-unsaturated/α-hetero) is 1. The maximum absolute atomic E-state index is 11.5. The minimum atomic E-state index is -0.980. The van der Waals surface area contributed by atoms with Gasteiger partial charge in [-0.05, 0) is 13.2 Å². The summed E-state index contributed by atoms with van der Waals surface area (Å²) in [7, 11) is 3.24. The van der Waals surface area contributed by atoms with Crippen molar-refractivity contribution < 1.29 is 38.1 Å². The van der Waals surface area contributed by atoms with Crippen LogP contribution in [0.1, 0.15) is 26.7 Å². The van der Waals surface area contributed by atoms with E-state index in [1.165, 1.54) is 7.11 Å². The van der Waals surface area contributed by atoms with E-state index in [0.29, 0.717) is 6.32 Å². The lowest BCUT2D eigenvalue weighted by atomic mass is 10.0. The molecule has 0 N–H and O–H groups in total.